The first-order chi connectivity index (χ1) is 11.5. The number of nitrogens with two attached hydrogens (primary N) is 1. The zero-order chi connectivity index (χ0) is 17.9. The molecule has 1 aliphatic heterocycles. The first-order valence-electron chi connectivity index (χ1n) is 6.88. The molecule has 0 bridgehead atoms. The molecule has 0 unspecified atom stereocenters. The van der Waals surface area contributed by atoms with Gasteiger partial charge in [-0.2, -0.15) is 10.5 Å². The number of allylic oxidation sites excluding steroid dienone is 1. The van der Waals surface area contributed by atoms with Gasteiger partial charge in [-0.1, -0.05) is 17.8 Å². The fourth-order valence-electron chi connectivity index (χ4n) is 2.67. The number of methoxy groups -OCH3 is 3. The van der Waals surface area contributed by atoms with Gasteiger partial charge in [0.05, 0.1) is 49.1 Å². The third-order valence-corrected chi connectivity index (χ3v) is 4.66. The highest BCUT2D eigenvalue weighted by atomic mass is 32.2. The molecule has 1 heterocycles. The average Bonchev–Trinajstić information content (AvgIpc) is 2.59. The second-order valence-electron chi connectivity index (χ2n) is 4.86. The molecular weight excluding hydrogens is 328 g/mol. The number of nitriles is 2. The molecule has 0 aromatic heterocycles. The van der Waals surface area contributed by atoms with Crippen molar-refractivity contribution in [2.24, 2.45) is 11.7 Å². The van der Waals surface area contributed by atoms with Crippen LogP contribution in [0.4, 0.5) is 0 Å². The van der Waals surface area contributed by atoms with E-state index >= 15 is 0 Å². The van der Waals surface area contributed by atoms with Crippen LogP contribution in [0.1, 0.15) is 11.5 Å². The van der Waals surface area contributed by atoms with Crippen LogP contribution in [-0.4, -0.2) is 26.4 Å². The van der Waals surface area contributed by atoms with Gasteiger partial charge >= 0.3 is 0 Å². The van der Waals surface area contributed by atoms with Gasteiger partial charge in [0.2, 0.25) is 5.75 Å². The van der Waals surface area contributed by atoms with E-state index in [1.54, 1.807) is 12.1 Å². The maximum absolute atomic E-state index is 9.51. The Bertz CT molecular complexity index is 792. The van der Waals surface area contributed by atoms with Gasteiger partial charge in [0.25, 0.3) is 0 Å². The highest BCUT2D eigenvalue weighted by Crippen LogP contribution is 2.49. The van der Waals surface area contributed by atoms with E-state index < -0.39 is 11.8 Å². The Morgan fingerprint density at radius 2 is 1.79 bits per heavy atom. The smallest absolute Gasteiger partial charge is 0.203 e. The Kier molecular flexibility index (Phi) is 5.22. The number of thioether (sulfide) groups is 1. The lowest BCUT2D eigenvalue weighted by molar-refractivity contribution is 0.321. The summed E-state index contributed by atoms with van der Waals surface area (Å²) in [7, 11) is 4.44. The summed E-state index contributed by atoms with van der Waals surface area (Å²) < 4.78 is 16.1. The lowest BCUT2D eigenvalue weighted by atomic mass is 9.81. The van der Waals surface area contributed by atoms with Gasteiger partial charge in [0, 0.05) is 11.5 Å². The Balaban J connectivity index is 2.77. The maximum Gasteiger partial charge on any atom is 0.203 e. The van der Waals surface area contributed by atoms with Crippen LogP contribution in [0.5, 0.6) is 17.2 Å². The molecule has 0 fully saturated rings. The van der Waals surface area contributed by atoms with Crippen LogP contribution in [0.3, 0.4) is 0 Å². The Morgan fingerprint density at radius 3 is 2.29 bits per heavy atom. The fraction of sp³-hybridized carbons (Fsp3) is 0.312. The molecule has 0 radical (unpaired) electrons. The van der Waals surface area contributed by atoms with Crippen molar-refractivity contribution in [3.8, 4) is 29.4 Å². The van der Waals surface area contributed by atoms with Gasteiger partial charge in [-0.3, -0.25) is 5.41 Å². The molecular formula is C16H16N4O3S. The molecule has 7 nitrogen and oxygen atoms in total. The zero-order valence-corrected chi connectivity index (χ0v) is 14.2. The third kappa shape index (κ3) is 2.72. The normalized spacial score (nSPS) is 20.1. The summed E-state index contributed by atoms with van der Waals surface area (Å²) in [5.74, 6) is -0.369. The summed E-state index contributed by atoms with van der Waals surface area (Å²) in [6.45, 7) is 0. The first kappa shape index (κ1) is 17.5. The van der Waals surface area contributed by atoms with Crippen molar-refractivity contribution in [2.75, 3.05) is 21.3 Å². The molecule has 24 heavy (non-hydrogen) atoms. The van der Waals surface area contributed by atoms with Gasteiger partial charge in [0.1, 0.15) is 5.92 Å². The summed E-state index contributed by atoms with van der Waals surface area (Å²) >= 11 is 0.935. The molecule has 1 aliphatic rings. The number of rotatable bonds is 4. The minimum absolute atomic E-state index is 0.0934. The lowest BCUT2D eigenvalue weighted by Gasteiger charge is -2.29. The van der Waals surface area contributed by atoms with Gasteiger partial charge in [-0.15, -0.1) is 0 Å². The van der Waals surface area contributed by atoms with Crippen LogP contribution in [0.15, 0.2) is 22.7 Å². The van der Waals surface area contributed by atoms with Crippen molar-refractivity contribution in [1.82, 2.24) is 0 Å². The Labute approximate surface area is 144 Å². The molecule has 8 heteroatoms. The minimum atomic E-state index is -0.830. The van der Waals surface area contributed by atoms with Gasteiger partial charge in [-0.05, 0) is 6.07 Å². The maximum atomic E-state index is 9.51. The molecule has 2 rings (SSSR count). The molecule has 0 saturated heterocycles. The third-order valence-electron chi connectivity index (χ3n) is 3.74. The highest BCUT2D eigenvalue weighted by Gasteiger charge is 2.39. The summed E-state index contributed by atoms with van der Waals surface area (Å²) in [5.41, 5.74) is 6.71. The van der Waals surface area contributed by atoms with Crippen molar-refractivity contribution < 1.29 is 14.2 Å². The van der Waals surface area contributed by atoms with E-state index in [0.717, 1.165) is 11.8 Å². The summed E-state index contributed by atoms with van der Waals surface area (Å²) in [6.07, 6.45) is 0. The fourth-order valence-corrected chi connectivity index (χ4v) is 3.51. The molecule has 0 spiro atoms. The molecule has 3 N–H and O–H groups in total. The van der Waals surface area contributed by atoms with Crippen LogP contribution >= 0.6 is 11.8 Å². The SMILES string of the molecule is COc1ccc([C@H]2C(C#N)=C(N)SC(=N)[C@@H]2C#N)c(OC)c1OC. The summed E-state index contributed by atoms with van der Waals surface area (Å²) in [5, 5.41) is 27.4. The Morgan fingerprint density at radius 1 is 1.12 bits per heavy atom. The van der Waals surface area contributed by atoms with E-state index in [2.05, 4.69) is 12.1 Å². The molecule has 124 valence electrons. The second kappa shape index (κ2) is 7.16. The lowest BCUT2D eigenvalue weighted by Crippen LogP contribution is -2.27. The molecule has 2 atom stereocenters. The monoisotopic (exact) mass is 344 g/mol. The van der Waals surface area contributed by atoms with E-state index in [9.17, 15) is 10.5 Å². The van der Waals surface area contributed by atoms with Crippen molar-refractivity contribution in [2.45, 2.75) is 5.92 Å². The van der Waals surface area contributed by atoms with Crippen LogP contribution in [0, 0.1) is 34.0 Å². The highest BCUT2D eigenvalue weighted by molar-refractivity contribution is 8.17. The van der Waals surface area contributed by atoms with Crippen LogP contribution in [0.25, 0.3) is 0 Å². The Hall–Kier alpha value is -2.84. The van der Waals surface area contributed by atoms with Gasteiger partial charge in [0.15, 0.2) is 11.5 Å². The number of benzene rings is 1. The summed E-state index contributed by atoms with van der Waals surface area (Å²) in [4.78, 5) is 0. The van der Waals surface area contributed by atoms with Crippen molar-refractivity contribution in [3.63, 3.8) is 0 Å². The number of nitrogens with zero attached hydrogens (tertiary/aromatic N) is 2. The standard InChI is InChI=1S/C16H16N4O3S/c1-21-11-5-4-8(13(22-2)14(11)23-3)12-9(6-17)15(19)24-16(20)10(12)7-18/h4-5,9,12,19H,20H2,1-3H3/t9-,12-/m1/s1. The van der Waals surface area contributed by atoms with Gasteiger partial charge < -0.3 is 19.9 Å². The molecule has 0 amide bonds. The minimum Gasteiger partial charge on any atom is -0.493 e. The zero-order valence-electron chi connectivity index (χ0n) is 13.4. The predicted octanol–water partition coefficient (Wildman–Crippen LogP) is 2.35. The van der Waals surface area contributed by atoms with E-state index in [-0.39, 0.29) is 15.6 Å². The largest absolute Gasteiger partial charge is 0.493 e. The second-order valence-corrected chi connectivity index (χ2v) is 5.95. The summed E-state index contributed by atoms with van der Waals surface area (Å²) in [6, 6.07) is 7.52. The van der Waals surface area contributed by atoms with Crippen molar-refractivity contribution in [1.29, 1.82) is 15.9 Å². The van der Waals surface area contributed by atoms with Crippen molar-refractivity contribution >= 4 is 16.8 Å². The molecule has 0 saturated carbocycles. The van der Waals surface area contributed by atoms with E-state index in [0.29, 0.717) is 22.8 Å². The van der Waals surface area contributed by atoms with Gasteiger partial charge in [-0.25, -0.2) is 0 Å². The predicted molar refractivity (Wildman–Crippen MR) is 90.1 cm³/mol. The first-order valence-corrected chi connectivity index (χ1v) is 7.70. The average molecular weight is 344 g/mol. The molecule has 1 aromatic carbocycles. The van der Waals surface area contributed by atoms with Crippen LogP contribution in [0.2, 0.25) is 0 Å². The van der Waals surface area contributed by atoms with Crippen LogP contribution in [-0.2, 0) is 0 Å². The number of ether oxygens (including phenoxy) is 3. The van der Waals surface area contributed by atoms with E-state index in [1.807, 2.05) is 0 Å². The quantitative estimate of drug-likeness (QED) is 0.858. The number of nitrogens with one attached hydrogen (secondary N) is 1. The molecule has 1 aromatic rings. The van der Waals surface area contributed by atoms with Crippen molar-refractivity contribution in [3.05, 3.63) is 28.3 Å². The number of hydrogen-bond acceptors (Lipinski definition) is 8. The van der Waals surface area contributed by atoms with E-state index in [4.69, 9.17) is 25.4 Å². The van der Waals surface area contributed by atoms with E-state index in [1.165, 1.54) is 21.3 Å². The molecule has 0 aliphatic carbocycles. The number of hydrogen-bond donors (Lipinski definition) is 2. The van der Waals surface area contributed by atoms with Crippen LogP contribution < -0.4 is 19.9 Å². The topological polar surface area (TPSA) is 125 Å².